The van der Waals surface area contributed by atoms with Crippen LogP contribution in [0.25, 0.3) is 11.2 Å². The Labute approximate surface area is 184 Å². The van der Waals surface area contributed by atoms with E-state index < -0.39 is 44.9 Å². The first-order valence-electron chi connectivity index (χ1n) is 9.66. The molecule has 0 bridgehead atoms. The second-order valence-corrected chi connectivity index (χ2v) is 9.07. The van der Waals surface area contributed by atoms with E-state index in [-0.39, 0.29) is 29.3 Å². The number of phosphoric ester groups is 1. The summed E-state index contributed by atoms with van der Waals surface area (Å²) in [5.41, 5.74) is 3.90. The molecule has 3 aromatic rings. The lowest BCUT2D eigenvalue weighted by molar-refractivity contribution is -0.193. The van der Waals surface area contributed by atoms with Gasteiger partial charge in [-0.3, -0.25) is 13.6 Å². The average molecular weight is 485 g/mol. The summed E-state index contributed by atoms with van der Waals surface area (Å²) < 4.78 is 63.4. The smallest absolute Gasteiger partial charge is 0.404 e. The number of aliphatic hydroxyl groups excluding tert-OH is 2. The number of hydrogen-bond acceptors (Lipinski definition) is 11. The minimum Gasteiger partial charge on any atom is -0.404 e. The molecule has 0 radical (unpaired) electrons. The molecule has 0 aliphatic carbocycles. The van der Waals surface area contributed by atoms with Gasteiger partial charge in [-0.1, -0.05) is 18.2 Å². The quantitative estimate of drug-likeness (QED) is 0.448. The molecule has 0 saturated carbocycles. The van der Waals surface area contributed by atoms with E-state index in [1.54, 1.807) is 18.2 Å². The first kappa shape index (κ1) is 22.1. The molecule has 1 aromatic carbocycles. The van der Waals surface area contributed by atoms with Gasteiger partial charge in [-0.05, 0) is 6.07 Å². The lowest BCUT2D eigenvalue weighted by Crippen LogP contribution is -2.52. The molecule has 4 heterocycles. The van der Waals surface area contributed by atoms with Gasteiger partial charge >= 0.3 is 7.82 Å². The molecule has 2 aliphatic heterocycles. The molecule has 33 heavy (non-hydrogen) atoms. The number of anilines is 1. The molecular formula is C18H18F2N5O7P. The molecule has 5 atom stereocenters. The maximum Gasteiger partial charge on any atom is 0.530 e. The van der Waals surface area contributed by atoms with Crippen molar-refractivity contribution >= 4 is 24.8 Å². The van der Waals surface area contributed by atoms with E-state index in [2.05, 4.69) is 15.0 Å². The highest BCUT2D eigenvalue weighted by atomic mass is 31.2. The minimum atomic E-state index is -4.32. The monoisotopic (exact) mass is 485 g/mol. The molecule has 4 N–H and O–H groups in total. The number of nitrogens with two attached hydrogens (primary N) is 1. The number of phosphoric acid groups is 1. The van der Waals surface area contributed by atoms with E-state index >= 15 is 0 Å². The van der Waals surface area contributed by atoms with Crippen LogP contribution in [0.2, 0.25) is 0 Å². The van der Waals surface area contributed by atoms with Crippen molar-refractivity contribution in [3.05, 3.63) is 42.5 Å². The van der Waals surface area contributed by atoms with Crippen LogP contribution in [0.3, 0.4) is 0 Å². The van der Waals surface area contributed by atoms with Gasteiger partial charge in [-0.2, -0.15) is 0 Å². The Morgan fingerprint density at radius 3 is 2.88 bits per heavy atom. The van der Waals surface area contributed by atoms with Gasteiger partial charge in [-0.15, -0.1) is 0 Å². The van der Waals surface area contributed by atoms with Crippen LogP contribution < -0.4 is 10.3 Å². The van der Waals surface area contributed by atoms with Crippen molar-refractivity contribution in [2.24, 2.45) is 0 Å². The highest BCUT2D eigenvalue weighted by molar-refractivity contribution is 7.49. The summed E-state index contributed by atoms with van der Waals surface area (Å²) in [6.07, 6.45) is -6.59. The molecule has 0 spiro atoms. The fraction of sp³-hybridized carbons (Fsp3) is 0.389. The number of para-hydroxylation sites is 1. The average Bonchev–Trinajstić information content (AvgIpc) is 3.33. The van der Waals surface area contributed by atoms with Gasteiger partial charge in [0.1, 0.15) is 36.1 Å². The van der Waals surface area contributed by atoms with Crippen LogP contribution in [0.4, 0.5) is 14.6 Å². The third-order valence-electron chi connectivity index (χ3n) is 5.50. The molecule has 0 amide bonds. The highest BCUT2D eigenvalue weighted by Gasteiger charge is 2.62. The third-order valence-corrected chi connectivity index (χ3v) is 6.81. The number of alkyl halides is 2. The number of aromatic nitrogens is 4. The number of rotatable bonds is 5. The van der Waals surface area contributed by atoms with Crippen molar-refractivity contribution < 1.29 is 41.9 Å². The summed E-state index contributed by atoms with van der Waals surface area (Å²) in [7, 11) is -4.32. The molecule has 5 rings (SSSR count). The van der Waals surface area contributed by atoms with Gasteiger partial charge in [-0.25, -0.2) is 28.3 Å². The van der Waals surface area contributed by atoms with Crippen LogP contribution in [-0.2, 0) is 25.0 Å². The Kier molecular flexibility index (Phi) is 5.31. The molecule has 2 aliphatic rings. The Balaban J connectivity index is 1.42. The van der Waals surface area contributed by atoms with Crippen LogP contribution in [0.15, 0.2) is 36.9 Å². The zero-order valence-electron chi connectivity index (χ0n) is 16.7. The van der Waals surface area contributed by atoms with Gasteiger partial charge in [0.2, 0.25) is 0 Å². The number of imidazole rings is 1. The lowest BCUT2D eigenvalue weighted by Gasteiger charge is -2.32. The van der Waals surface area contributed by atoms with Crippen molar-refractivity contribution in [3.8, 4) is 5.75 Å². The van der Waals surface area contributed by atoms with Gasteiger partial charge in [0.25, 0.3) is 6.43 Å². The fourth-order valence-electron chi connectivity index (χ4n) is 3.74. The van der Waals surface area contributed by atoms with Crippen LogP contribution in [0, 0.1) is 0 Å². The predicted octanol–water partition coefficient (Wildman–Crippen LogP) is 1.40. The second-order valence-electron chi connectivity index (χ2n) is 7.48. The molecule has 15 heteroatoms. The summed E-state index contributed by atoms with van der Waals surface area (Å²) in [6.45, 7) is -1.25. The standard InChI is InChI=1S/C18H18F2N5O7P/c19-17(20)18(6-30-33(28)29-5-9-3-1-2-4-10(9)32-33)13(27)12(26)16(31-18)25-8-24-15-11(25)14(21)22-7-23-15/h1-4,7-8,12-13,16-17,26-27H,5-6H2,(H2,21,22,23). The summed E-state index contributed by atoms with van der Waals surface area (Å²) in [5, 5.41) is 21.1. The van der Waals surface area contributed by atoms with E-state index in [1.807, 2.05) is 0 Å². The molecule has 12 nitrogen and oxygen atoms in total. The summed E-state index contributed by atoms with van der Waals surface area (Å²) in [6, 6.07) is 6.55. The Bertz CT molecular complexity index is 1250. The van der Waals surface area contributed by atoms with Crippen molar-refractivity contribution in [2.75, 3.05) is 12.3 Å². The van der Waals surface area contributed by atoms with Gasteiger partial charge in [0, 0.05) is 5.56 Å². The van der Waals surface area contributed by atoms with E-state index in [1.165, 1.54) is 6.07 Å². The van der Waals surface area contributed by atoms with E-state index in [0.29, 0.717) is 5.56 Å². The molecular weight excluding hydrogens is 467 g/mol. The molecule has 1 fully saturated rings. The molecule has 1 saturated heterocycles. The van der Waals surface area contributed by atoms with E-state index in [9.17, 15) is 23.6 Å². The highest BCUT2D eigenvalue weighted by Crippen LogP contribution is 2.56. The number of nitrogen functional groups attached to an aromatic ring is 1. The van der Waals surface area contributed by atoms with Crippen molar-refractivity contribution in [2.45, 2.75) is 37.1 Å². The first-order chi connectivity index (χ1) is 15.7. The first-order valence-corrected chi connectivity index (χ1v) is 11.1. The second kappa shape index (κ2) is 7.94. The fourth-order valence-corrected chi connectivity index (χ4v) is 4.99. The third kappa shape index (κ3) is 3.55. The van der Waals surface area contributed by atoms with Crippen LogP contribution >= 0.6 is 7.82 Å². The molecule has 2 aromatic heterocycles. The number of fused-ring (bicyclic) bond motifs is 2. The normalized spacial score (nSPS) is 31.6. The van der Waals surface area contributed by atoms with E-state index in [0.717, 1.165) is 17.2 Å². The van der Waals surface area contributed by atoms with Crippen molar-refractivity contribution in [1.82, 2.24) is 19.5 Å². The maximum absolute atomic E-state index is 14.2. The van der Waals surface area contributed by atoms with Gasteiger partial charge in [0.05, 0.1) is 13.2 Å². The number of ether oxygens (including phenoxy) is 1. The number of nitrogens with zero attached hydrogens (tertiary/aromatic N) is 4. The van der Waals surface area contributed by atoms with Crippen molar-refractivity contribution in [1.29, 1.82) is 0 Å². The van der Waals surface area contributed by atoms with Crippen LogP contribution in [0.1, 0.15) is 11.8 Å². The molecule has 176 valence electrons. The lowest BCUT2D eigenvalue weighted by atomic mass is 9.96. The summed E-state index contributed by atoms with van der Waals surface area (Å²) >= 11 is 0. The number of aliphatic hydroxyl groups is 2. The number of benzene rings is 1. The van der Waals surface area contributed by atoms with Crippen LogP contribution in [-0.4, -0.2) is 60.6 Å². The summed E-state index contributed by atoms with van der Waals surface area (Å²) in [4.78, 5) is 11.7. The Hall–Kier alpha value is -2.74. The van der Waals surface area contributed by atoms with Crippen molar-refractivity contribution in [3.63, 3.8) is 0 Å². The molecule has 5 unspecified atom stereocenters. The summed E-state index contributed by atoms with van der Waals surface area (Å²) in [5.74, 6) is 0.171. The largest absolute Gasteiger partial charge is 0.530 e. The SMILES string of the molecule is Nc1ncnc2ncn(C3OC(COP4(=O)OCc5ccccc5O4)(C(F)F)C(O)C3O)c12. The maximum atomic E-state index is 14.2. The van der Waals surface area contributed by atoms with Crippen LogP contribution in [0.5, 0.6) is 5.75 Å². The number of halogens is 2. The van der Waals surface area contributed by atoms with Gasteiger partial charge in [0.15, 0.2) is 23.3 Å². The minimum absolute atomic E-state index is 0.0410. The number of hydrogen-bond donors (Lipinski definition) is 3. The predicted molar refractivity (Wildman–Crippen MR) is 106 cm³/mol. The zero-order valence-corrected chi connectivity index (χ0v) is 17.6. The topological polar surface area (TPSA) is 164 Å². The van der Waals surface area contributed by atoms with Gasteiger partial charge < -0.3 is 25.2 Å². The van der Waals surface area contributed by atoms with E-state index in [4.69, 9.17) is 24.0 Å². The Morgan fingerprint density at radius 1 is 1.30 bits per heavy atom. The Morgan fingerprint density at radius 2 is 2.09 bits per heavy atom. The zero-order chi connectivity index (χ0) is 23.4.